The molecule has 2 nitrogen and oxygen atoms in total. The Labute approximate surface area is 114 Å². The van der Waals surface area contributed by atoms with E-state index < -0.39 is 0 Å². The van der Waals surface area contributed by atoms with Gasteiger partial charge in [0.15, 0.2) is 0 Å². The molecular weight excluding hydrogens is 239 g/mol. The van der Waals surface area contributed by atoms with Crippen LogP contribution in [0.2, 0.25) is 0 Å². The Morgan fingerprint density at radius 2 is 1.95 bits per heavy atom. The molecule has 102 valence electrons. The van der Waals surface area contributed by atoms with Crippen LogP contribution >= 0.6 is 0 Å². The summed E-state index contributed by atoms with van der Waals surface area (Å²) < 4.78 is 13.1. The molecule has 1 N–H and O–H groups in total. The summed E-state index contributed by atoms with van der Waals surface area (Å²) >= 11 is 0. The van der Waals surface area contributed by atoms with Crippen molar-refractivity contribution in [1.82, 2.24) is 0 Å². The zero-order chi connectivity index (χ0) is 13.8. The Kier molecular flexibility index (Phi) is 4.42. The van der Waals surface area contributed by atoms with Crippen molar-refractivity contribution in [2.45, 2.75) is 45.6 Å². The summed E-state index contributed by atoms with van der Waals surface area (Å²) in [6, 6.07) is 6.83. The highest BCUT2D eigenvalue weighted by atomic mass is 19.1. The third kappa shape index (κ3) is 3.47. The predicted octanol–water partition coefficient (Wildman–Crippen LogP) is 4.32. The second kappa shape index (κ2) is 6.06. The molecule has 1 aliphatic rings. The molecule has 1 aromatic carbocycles. The van der Waals surface area contributed by atoms with Crippen molar-refractivity contribution in [3.05, 3.63) is 29.6 Å². The Balaban J connectivity index is 1.98. The summed E-state index contributed by atoms with van der Waals surface area (Å²) in [5, 5.41) is 12.4. The minimum Gasteiger partial charge on any atom is -0.381 e. The second-order valence-electron chi connectivity index (χ2n) is 5.80. The molecule has 1 fully saturated rings. The third-order valence-corrected chi connectivity index (χ3v) is 4.18. The number of nitriles is 1. The summed E-state index contributed by atoms with van der Waals surface area (Å²) in [6.45, 7) is 4.57. The van der Waals surface area contributed by atoms with E-state index in [1.807, 2.05) is 0 Å². The molecule has 0 bridgehead atoms. The zero-order valence-corrected chi connectivity index (χ0v) is 11.6. The Bertz CT molecular complexity index is 468. The molecule has 19 heavy (non-hydrogen) atoms. The van der Waals surface area contributed by atoms with Crippen LogP contribution in [0, 0.1) is 29.0 Å². The molecule has 0 amide bonds. The highest BCUT2D eigenvalue weighted by Crippen LogP contribution is 2.31. The lowest BCUT2D eigenvalue weighted by molar-refractivity contribution is 0.267. The first kappa shape index (κ1) is 13.9. The molecule has 1 aliphatic carbocycles. The van der Waals surface area contributed by atoms with Crippen LogP contribution in [0.4, 0.5) is 10.1 Å². The van der Waals surface area contributed by atoms with E-state index in [1.54, 1.807) is 6.07 Å². The van der Waals surface area contributed by atoms with Gasteiger partial charge in [0, 0.05) is 6.04 Å². The first-order valence-corrected chi connectivity index (χ1v) is 7.06. The van der Waals surface area contributed by atoms with Crippen molar-refractivity contribution in [3.63, 3.8) is 0 Å². The van der Waals surface area contributed by atoms with E-state index in [4.69, 9.17) is 5.26 Å². The van der Waals surface area contributed by atoms with Crippen molar-refractivity contribution >= 4 is 5.69 Å². The molecule has 0 aliphatic heterocycles. The number of nitrogens with zero attached hydrogens (tertiary/aromatic N) is 1. The zero-order valence-electron chi connectivity index (χ0n) is 11.6. The third-order valence-electron chi connectivity index (χ3n) is 4.18. The second-order valence-corrected chi connectivity index (χ2v) is 5.80. The van der Waals surface area contributed by atoms with Crippen LogP contribution in [0.5, 0.6) is 0 Å². The van der Waals surface area contributed by atoms with E-state index >= 15 is 0 Å². The fraction of sp³-hybridized carbons (Fsp3) is 0.562. The predicted molar refractivity (Wildman–Crippen MR) is 75.3 cm³/mol. The van der Waals surface area contributed by atoms with E-state index in [0.717, 1.165) is 30.4 Å². The molecule has 0 radical (unpaired) electrons. The number of hydrogen-bond acceptors (Lipinski definition) is 2. The molecule has 0 saturated heterocycles. The van der Waals surface area contributed by atoms with Gasteiger partial charge in [-0.25, -0.2) is 4.39 Å². The number of anilines is 1. The lowest BCUT2D eigenvalue weighted by Gasteiger charge is -2.32. The van der Waals surface area contributed by atoms with Gasteiger partial charge in [-0.2, -0.15) is 5.26 Å². The average molecular weight is 260 g/mol. The van der Waals surface area contributed by atoms with Gasteiger partial charge >= 0.3 is 0 Å². The largest absolute Gasteiger partial charge is 0.381 e. The van der Waals surface area contributed by atoms with Crippen LogP contribution in [0.3, 0.4) is 0 Å². The van der Waals surface area contributed by atoms with Gasteiger partial charge < -0.3 is 5.32 Å². The van der Waals surface area contributed by atoms with Gasteiger partial charge in [-0.15, -0.1) is 0 Å². The standard InChI is InChI=1S/C16H21FN2/c1-11(2)12-3-6-15(7-4-12)19-16-8-5-14(17)9-13(16)10-18/h5,8-9,11-12,15,19H,3-4,6-7H2,1-2H3. The number of rotatable bonds is 3. The van der Waals surface area contributed by atoms with E-state index in [0.29, 0.717) is 11.6 Å². The average Bonchev–Trinajstić information content (AvgIpc) is 2.41. The summed E-state index contributed by atoms with van der Waals surface area (Å²) in [5.74, 6) is 1.22. The maximum Gasteiger partial charge on any atom is 0.124 e. The van der Waals surface area contributed by atoms with Crippen molar-refractivity contribution in [2.24, 2.45) is 11.8 Å². The van der Waals surface area contributed by atoms with Gasteiger partial charge in [0.1, 0.15) is 11.9 Å². The SMILES string of the molecule is CC(C)C1CCC(Nc2ccc(F)cc2C#N)CC1. The molecular formula is C16H21FN2. The minimum atomic E-state index is -0.356. The fourth-order valence-electron chi connectivity index (χ4n) is 2.88. The van der Waals surface area contributed by atoms with E-state index in [1.165, 1.54) is 25.0 Å². The molecule has 2 rings (SSSR count). The first-order chi connectivity index (χ1) is 9.10. The summed E-state index contributed by atoms with van der Waals surface area (Å²) in [7, 11) is 0. The monoisotopic (exact) mass is 260 g/mol. The van der Waals surface area contributed by atoms with Gasteiger partial charge in [0.2, 0.25) is 0 Å². The van der Waals surface area contributed by atoms with Crippen LogP contribution in [0.15, 0.2) is 18.2 Å². The van der Waals surface area contributed by atoms with Crippen LogP contribution in [0.25, 0.3) is 0 Å². The maximum atomic E-state index is 13.1. The van der Waals surface area contributed by atoms with Crippen molar-refractivity contribution in [2.75, 3.05) is 5.32 Å². The molecule has 0 spiro atoms. The fourth-order valence-corrected chi connectivity index (χ4v) is 2.88. The van der Waals surface area contributed by atoms with Crippen LogP contribution in [-0.2, 0) is 0 Å². The van der Waals surface area contributed by atoms with Gasteiger partial charge in [-0.05, 0) is 55.7 Å². The number of nitrogens with one attached hydrogen (secondary N) is 1. The van der Waals surface area contributed by atoms with Gasteiger partial charge in [0.05, 0.1) is 11.3 Å². The van der Waals surface area contributed by atoms with Crippen molar-refractivity contribution < 1.29 is 4.39 Å². The van der Waals surface area contributed by atoms with E-state index in [9.17, 15) is 4.39 Å². The molecule has 0 aromatic heterocycles. The Morgan fingerprint density at radius 3 is 2.53 bits per heavy atom. The minimum absolute atomic E-state index is 0.356. The highest BCUT2D eigenvalue weighted by molar-refractivity contribution is 5.57. The number of halogens is 1. The molecule has 1 saturated carbocycles. The lowest BCUT2D eigenvalue weighted by atomic mass is 9.79. The normalized spacial score (nSPS) is 23.1. The summed E-state index contributed by atoms with van der Waals surface area (Å²) in [5.41, 5.74) is 1.16. The van der Waals surface area contributed by atoms with Gasteiger partial charge in [0.25, 0.3) is 0 Å². The molecule has 0 unspecified atom stereocenters. The van der Waals surface area contributed by atoms with Crippen LogP contribution in [0.1, 0.15) is 45.1 Å². The molecule has 1 aromatic rings. The molecule has 3 heteroatoms. The van der Waals surface area contributed by atoms with Gasteiger partial charge in [-0.3, -0.25) is 0 Å². The van der Waals surface area contributed by atoms with Crippen LogP contribution in [-0.4, -0.2) is 6.04 Å². The molecule has 0 atom stereocenters. The number of benzene rings is 1. The van der Waals surface area contributed by atoms with E-state index in [-0.39, 0.29) is 5.82 Å². The van der Waals surface area contributed by atoms with Crippen LogP contribution < -0.4 is 5.32 Å². The van der Waals surface area contributed by atoms with Crippen molar-refractivity contribution in [1.29, 1.82) is 5.26 Å². The highest BCUT2D eigenvalue weighted by Gasteiger charge is 2.23. The Hall–Kier alpha value is -1.56. The first-order valence-electron chi connectivity index (χ1n) is 7.06. The topological polar surface area (TPSA) is 35.8 Å². The van der Waals surface area contributed by atoms with E-state index in [2.05, 4.69) is 25.2 Å². The summed E-state index contributed by atoms with van der Waals surface area (Å²) in [4.78, 5) is 0. The smallest absolute Gasteiger partial charge is 0.124 e. The Morgan fingerprint density at radius 1 is 1.26 bits per heavy atom. The lowest BCUT2D eigenvalue weighted by Crippen LogP contribution is -2.28. The number of hydrogen-bond donors (Lipinski definition) is 1. The van der Waals surface area contributed by atoms with Gasteiger partial charge in [-0.1, -0.05) is 13.8 Å². The summed E-state index contributed by atoms with van der Waals surface area (Å²) in [6.07, 6.45) is 4.73. The molecule has 0 heterocycles. The van der Waals surface area contributed by atoms with Crippen molar-refractivity contribution in [3.8, 4) is 6.07 Å². The maximum absolute atomic E-state index is 13.1. The quantitative estimate of drug-likeness (QED) is 0.878.